The molecule has 1 N–H and O–H groups in total. The third kappa shape index (κ3) is 3.01. The molecule has 2 aromatic rings. The lowest BCUT2D eigenvalue weighted by Crippen LogP contribution is -2.02. The van der Waals surface area contributed by atoms with E-state index in [1.165, 1.54) is 18.5 Å². The Morgan fingerprint density at radius 1 is 1.39 bits per heavy atom. The lowest BCUT2D eigenvalue weighted by Gasteiger charge is -2.07. The van der Waals surface area contributed by atoms with Gasteiger partial charge in [-0.15, -0.1) is 0 Å². The summed E-state index contributed by atoms with van der Waals surface area (Å²) in [5.74, 6) is 0. The van der Waals surface area contributed by atoms with E-state index in [1.54, 1.807) is 18.3 Å². The number of aromatic nitrogens is 2. The van der Waals surface area contributed by atoms with E-state index in [0.717, 1.165) is 11.4 Å². The summed E-state index contributed by atoms with van der Waals surface area (Å²) in [6.45, 7) is 0.527. The van der Waals surface area contributed by atoms with E-state index in [-0.39, 0.29) is 5.69 Å². The fourth-order valence-corrected chi connectivity index (χ4v) is 1.88. The van der Waals surface area contributed by atoms with Crippen molar-refractivity contribution in [1.82, 2.24) is 9.97 Å². The van der Waals surface area contributed by atoms with Crippen LogP contribution in [0.2, 0.25) is 0 Å². The van der Waals surface area contributed by atoms with E-state index in [0.29, 0.717) is 11.0 Å². The number of nitrogens with one attached hydrogen (secondary N) is 1. The summed E-state index contributed by atoms with van der Waals surface area (Å²) >= 11 is 3.29. The fourth-order valence-electron chi connectivity index (χ4n) is 1.37. The van der Waals surface area contributed by atoms with Gasteiger partial charge in [-0.05, 0) is 28.1 Å². The molecule has 0 radical (unpaired) electrons. The molecule has 92 valence electrons. The Hall–Kier alpha value is -2.02. The second-order valence-electron chi connectivity index (χ2n) is 3.48. The first kappa shape index (κ1) is 12.4. The van der Waals surface area contributed by atoms with Crippen molar-refractivity contribution in [2.45, 2.75) is 6.54 Å². The van der Waals surface area contributed by atoms with Crippen molar-refractivity contribution in [3.05, 3.63) is 57.1 Å². The lowest BCUT2D eigenvalue weighted by molar-refractivity contribution is -0.384. The zero-order chi connectivity index (χ0) is 13.0. The monoisotopic (exact) mass is 308 g/mol. The second kappa shape index (κ2) is 5.54. The van der Waals surface area contributed by atoms with Crippen LogP contribution < -0.4 is 5.32 Å². The van der Waals surface area contributed by atoms with Gasteiger partial charge in [0, 0.05) is 28.5 Å². The molecule has 18 heavy (non-hydrogen) atoms. The van der Waals surface area contributed by atoms with Gasteiger partial charge in [0.05, 0.1) is 17.2 Å². The van der Waals surface area contributed by atoms with Gasteiger partial charge in [0.2, 0.25) is 0 Å². The predicted octanol–water partition coefficient (Wildman–Crippen LogP) is 2.76. The van der Waals surface area contributed by atoms with Crippen LogP contribution in [0.25, 0.3) is 0 Å². The van der Waals surface area contributed by atoms with Gasteiger partial charge >= 0.3 is 0 Å². The predicted molar refractivity (Wildman–Crippen MR) is 70.2 cm³/mol. The van der Waals surface area contributed by atoms with Crippen molar-refractivity contribution in [1.29, 1.82) is 0 Å². The quantitative estimate of drug-likeness (QED) is 0.694. The molecule has 0 atom stereocenters. The number of nitro benzene ring substituents is 1. The summed E-state index contributed by atoms with van der Waals surface area (Å²) in [5.41, 5.74) is 1.67. The van der Waals surface area contributed by atoms with Crippen molar-refractivity contribution in [2.24, 2.45) is 0 Å². The van der Waals surface area contributed by atoms with Gasteiger partial charge in [-0.25, -0.2) is 9.97 Å². The summed E-state index contributed by atoms with van der Waals surface area (Å²) in [6, 6.07) is 6.37. The minimum atomic E-state index is -0.432. The molecule has 0 aliphatic heterocycles. The molecule has 2 rings (SSSR count). The van der Waals surface area contributed by atoms with Gasteiger partial charge < -0.3 is 5.32 Å². The zero-order valence-corrected chi connectivity index (χ0v) is 10.8. The highest BCUT2D eigenvalue weighted by Gasteiger charge is 2.08. The number of hydrogen-bond donors (Lipinski definition) is 1. The SMILES string of the molecule is O=[N+]([O-])c1ccc(NCc2ccncn2)c(Br)c1. The van der Waals surface area contributed by atoms with Crippen LogP contribution in [0.4, 0.5) is 11.4 Å². The van der Waals surface area contributed by atoms with Crippen LogP contribution in [0, 0.1) is 10.1 Å². The Kier molecular flexibility index (Phi) is 3.83. The van der Waals surface area contributed by atoms with Crippen LogP contribution in [-0.4, -0.2) is 14.9 Å². The van der Waals surface area contributed by atoms with Crippen LogP contribution >= 0.6 is 15.9 Å². The third-order valence-electron chi connectivity index (χ3n) is 2.27. The number of nitrogens with zero attached hydrogens (tertiary/aromatic N) is 3. The Labute approximate surface area is 111 Å². The average molecular weight is 309 g/mol. The number of anilines is 1. The molecule has 1 heterocycles. The highest BCUT2D eigenvalue weighted by molar-refractivity contribution is 9.10. The molecule has 0 fully saturated rings. The van der Waals surface area contributed by atoms with Gasteiger partial charge in [0.25, 0.3) is 5.69 Å². The van der Waals surface area contributed by atoms with Gasteiger partial charge in [-0.1, -0.05) is 0 Å². The van der Waals surface area contributed by atoms with Crippen molar-refractivity contribution < 1.29 is 4.92 Å². The van der Waals surface area contributed by atoms with E-state index in [2.05, 4.69) is 31.2 Å². The first-order valence-corrected chi connectivity index (χ1v) is 5.89. The number of hydrogen-bond acceptors (Lipinski definition) is 5. The number of nitro groups is 1. The highest BCUT2D eigenvalue weighted by Crippen LogP contribution is 2.27. The maximum absolute atomic E-state index is 10.6. The third-order valence-corrected chi connectivity index (χ3v) is 2.92. The smallest absolute Gasteiger partial charge is 0.270 e. The summed E-state index contributed by atoms with van der Waals surface area (Å²) in [6.07, 6.45) is 3.14. The summed E-state index contributed by atoms with van der Waals surface area (Å²) in [5, 5.41) is 13.7. The molecule has 0 unspecified atom stereocenters. The molecular weight excluding hydrogens is 300 g/mol. The summed E-state index contributed by atoms with van der Waals surface area (Å²) < 4.78 is 0.644. The molecule has 0 saturated carbocycles. The largest absolute Gasteiger partial charge is 0.378 e. The Morgan fingerprint density at radius 2 is 2.22 bits per heavy atom. The molecule has 0 spiro atoms. The summed E-state index contributed by atoms with van der Waals surface area (Å²) in [4.78, 5) is 18.1. The van der Waals surface area contributed by atoms with E-state index in [9.17, 15) is 10.1 Å². The standard InChI is InChI=1S/C11H9BrN4O2/c12-10-5-9(16(17)18)1-2-11(10)14-6-8-3-4-13-7-15-8/h1-5,7,14H,6H2. The zero-order valence-electron chi connectivity index (χ0n) is 9.21. The summed E-state index contributed by atoms with van der Waals surface area (Å²) in [7, 11) is 0. The molecule has 0 amide bonds. The highest BCUT2D eigenvalue weighted by atomic mass is 79.9. The Balaban J connectivity index is 2.08. The second-order valence-corrected chi connectivity index (χ2v) is 4.33. The maximum atomic E-state index is 10.6. The number of rotatable bonds is 4. The minimum Gasteiger partial charge on any atom is -0.378 e. The number of non-ortho nitro benzene ring substituents is 1. The van der Waals surface area contributed by atoms with E-state index >= 15 is 0 Å². The number of benzene rings is 1. The van der Waals surface area contributed by atoms with Crippen LogP contribution in [0.15, 0.2) is 41.3 Å². The molecular formula is C11H9BrN4O2. The fraction of sp³-hybridized carbons (Fsp3) is 0.0909. The molecule has 0 aliphatic carbocycles. The van der Waals surface area contributed by atoms with Crippen LogP contribution in [-0.2, 0) is 6.54 Å². The van der Waals surface area contributed by atoms with E-state index < -0.39 is 4.92 Å². The first-order chi connectivity index (χ1) is 8.66. The normalized spacial score (nSPS) is 10.1. The molecule has 0 aliphatic rings. The topological polar surface area (TPSA) is 81.0 Å². The molecule has 7 heteroatoms. The molecule has 1 aromatic carbocycles. The van der Waals surface area contributed by atoms with Gasteiger partial charge in [0.15, 0.2) is 0 Å². The average Bonchev–Trinajstić information content (AvgIpc) is 2.38. The van der Waals surface area contributed by atoms with Crippen molar-refractivity contribution in [3.8, 4) is 0 Å². The molecule has 1 aromatic heterocycles. The minimum absolute atomic E-state index is 0.0504. The van der Waals surface area contributed by atoms with Crippen molar-refractivity contribution in [3.63, 3.8) is 0 Å². The Bertz CT molecular complexity index is 562. The van der Waals surface area contributed by atoms with Crippen LogP contribution in [0.3, 0.4) is 0 Å². The van der Waals surface area contributed by atoms with Gasteiger partial charge in [0.1, 0.15) is 6.33 Å². The van der Waals surface area contributed by atoms with Crippen molar-refractivity contribution >= 4 is 27.3 Å². The Morgan fingerprint density at radius 3 is 2.83 bits per heavy atom. The van der Waals surface area contributed by atoms with Crippen LogP contribution in [0.5, 0.6) is 0 Å². The molecule has 0 bridgehead atoms. The first-order valence-electron chi connectivity index (χ1n) is 5.09. The van der Waals surface area contributed by atoms with Gasteiger partial charge in [-0.2, -0.15) is 0 Å². The maximum Gasteiger partial charge on any atom is 0.270 e. The van der Waals surface area contributed by atoms with E-state index in [1.807, 2.05) is 0 Å². The molecule has 6 nitrogen and oxygen atoms in total. The van der Waals surface area contributed by atoms with Gasteiger partial charge in [-0.3, -0.25) is 10.1 Å². The van der Waals surface area contributed by atoms with Crippen LogP contribution in [0.1, 0.15) is 5.69 Å². The molecule has 0 saturated heterocycles. The van der Waals surface area contributed by atoms with E-state index in [4.69, 9.17) is 0 Å². The number of halogens is 1. The van der Waals surface area contributed by atoms with Crippen molar-refractivity contribution in [2.75, 3.05) is 5.32 Å². The lowest BCUT2D eigenvalue weighted by atomic mass is 10.3.